The molecule has 0 aliphatic heterocycles. The van der Waals surface area contributed by atoms with Crippen LogP contribution in [0.3, 0.4) is 0 Å². The van der Waals surface area contributed by atoms with E-state index in [0.29, 0.717) is 22.8 Å². The summed E-state index contributed by atoms with van der Waals surface area (Å²) in [5.41, 5.74) is 2.32. The maximum absolute atomic E-state index is 6.11. The van der Waals surface area contributed by atoms with Gasteiger partial charge in [0.25, 0.3) is 0 Å². The summed E-state index contributed by atoms with van der Waals surface area (Å²) in [5, 5.41) is 7.81. The van der Waals surface area contributed by atoms with Crippen LogP contribution >= 0.6 is 23.2 Å². The first-order valence-corrected chi connectivity index (χ1v) is 9.32. The Morgan fingerprint density at radius 1 is 1.19 bits per heavy atom. The quantitative estimate of drug-likeness (QED) is 0.558. The van der Waals surface area contributed by atoms with E-state index >= 15 is 0 Å². The van der Waals surface area contributed by atoms with Gasteiger partial charge >= 0.3 is 0 Å². The molecule has 0 amide bonds. The topological polar surface area (TPSA) is 44.6 Å². The Hall–Kier alpha value is -1.69. The molecule has 26 heavy (non-hydrogen) atoms. The van der Waals surface area contributed by atoms with Gasteiger partial charge in [0.1, 0.15) is 5.15 Å². The number of hydrogen-bond donors (Lipinski definition) is 2. The number of nitrogens with one attached hydrogen (secondary N) is 2. The zero-order chi connectivity index (χ0) is 19.1. The summed E-state index contributed by atoms with van der Waals surface area (Å²) in [6, 6.07) is 12.7. The molecular weight excluding hydrogens is 369 g/mol. The Balaban J connectivity index is 1.90. The van der Waals surface area contributed by atoms with E-state index in [9.17, 15) is 0 Å². The van der Waals surface area contributed by atoms with E-state index in [2.05, 4.69) is 58.9 Å². The van der Waals surface area contributed by atoms with Gasteiger partial charge in [-0.15, -0.1) is 0 Å². The molecule has 7 heteroatoms. The lowest BCUT2D eigenvalue weighted by molar-refractivity contribution is 0.290. The predicted octanol–water partition coefficient (Wildman–Crippen LogP) is 3.17. The van der Waals surface area contributed by atoms with Crippen molar-refractivity contribution in [2.45, 2.75) is 19.0 Å². The number of halogens is 2. The predicted molar refractivity (Wildman–Crippen MR) is 111 cm³/mol. The van der Waals surface area contributed by atoms with Gasteiger partial charge in [-0.05, 0) is 32.1 Å². The van der Waals surface area contributed by atoms with E-state index in [1.807, 2.05) is 23.7 Å². The maximum Gasteiger partial charge on any atom is 0.191 e. The molecule has 1 aromatic carbocycles. The standard InChI is InChI=1S/C19H27Cl2N5/c1-22-19(24-13-16-11-17(20)18(21)26(16)4)23-12-15(25(2)3)10-14-8-6-5-7-9-14/h5-9,11,15H,10,12-13H2,1-4H3,(H2,22,23,24). The van der Waals surface area contributed by atoms with Crippen LogP contribution in [0.1, 0.15) is 11.3 Å². The fraction of sp³-hybridized carbons (Fsp3) is 0.421. The van der Waals surface area contributed by atoms with Crippen LogP contribution in [0, 0.1) is 0 Å². The highest BCUT2D eigenvalue weighted by Crippen LogP contribution is 2.24. The van der Waals surface area contributed by atoms with E-state index in [4.69, 9.17) is 23.2 Å². The molecule has 0 bridgehead atoms. The molecular formula is C19H27Cl2N5. The second-order valence-electron chi connectivity index (χ2n) is 6.45. The molecule has 0 fully saturated rings. The number of guanidine groups is 1. The van der Waals surface area contributed by atoms with E-state index in [1.54, 1.807) is 7.05 Å². The highest BCUT2D eigenvalue weighted by molar-refractivity contribution is 6.41. The maximum atomic E-state index is 6.11. The minimum Gasteiger partial charge on any atom is -0.355 e. The molecule has 5 nitrogen and oxygen atoms in total. The van der Waals surface area contributed by atoms with Crippen molar-refractivity contribution >= 4 is 29.2 Å². The molecule has 142 valence electrons. The molecule has 0 spiro atoms. The number of aliphatic imine (C=N–C) groups is 1. The van der Waals surface area contributed by atoms with Crippen molar-refractivity contribution in [2.24, 2.45) is 12.0 Å². The highest BCUT2D eigenvalue weighted by atomic mass is 35.5. The second-order valence-corrected chi connectivity index (χ2v) is 7.21. The van der Waals surface area contributed by atoms with Crippen molar-refractivity contribution < 1.29 is 0 Å². The number of likely N-dealkylation sites (N-methyl/N-ethyl adjacent to an activating group) is 1. The van der Waals surface area contributed by atoms with E-state index in [1.165, 1.54) is 5.56 Å². The molecule has 1 atom stereocenters. The fourth-order valence-electron chi connectivity index (χ4n) is 2.69. The summed E-state index contributed by atoms with van der Waals surface area (Å²) in [7, 11) is 7.85. The average Bonchev–Trinajstić information content (AvgIpc) is 2.88. The third-order valence-electron chi connectivity index (χ3n) is 4.43. The first-order valence-electron chi connectivity index (χ1n) is 8.56. The van der Waals surface area contributed by atoms with Crippen molar-refractivity contribution in [1.29, 1.82) is 0 Å². The lowest BCUT2D eigenvalue weighted by Crippen LogP contribution is -2.45. The summed E-state index contributed by atoms with van der Waals surface area (Å²) >= 11 is 12.2. The fourth-order valence-corrected chi connectivity index (χ4v) is 3.11. The smallest absolute Gasteiger partial charge is 0.191 e. The SMILES string of the molecule is CN=C(NCc1cc(Cl)c(Cl)n1C)NCC(Cc1ccccc1)N(C)C. The molecule has 0 aliphatic rings. The molecule has 0 saturated heterocycles. The first kappa shape index (κ1) is 20.6. The Bertz CT molecular complexity index is 725. The molecule has 1 aromatic heterocycles. The summed E-state index contributed by atoms with van der Waals surface area (Å²) in [4.78, 5) is 6.53. The van der Waals surface area contributed by atoms with Crippen molar-refractivity contribution in [1.82, 2.24) is 20.1 Å². The van der Waals surface area contributed by atoms with Crippen molar-refractivity contribution in [3.63, 3.8) is 0 Å². The molecule has 0 radical (unpaired) electrons. The molecule has 1 heterocycles. The van der Waals surface area contributed by atoms with Gasteiger partial charge in [0, 0.05) is 32.4 Å². The Labute approximate surface area is 166 Å². The third kappa shape index (κ3) is 5.66. The number of aromatic nitrogens is 1. The molecule has 2 aromatic rings. The summed E-state index contributed by atoms with van der Waals surface area (Å²) in [5.74, 6) is 0.748. The average molecular weight is 396 g/mol. The number of nitrogens with zero attached hydrogens (tertiary/aromatic N) is 3. The Morgan fingerprint density at radius 3 is 2.42 bits per heavy atom. The van der Waals surface area contributed by atoms with Crippen LogP contribution < -0.4 is 10.6 Å². The number of rotatable bonds is 7. The Morgan fingerprint density at radius 2 is 1.88 bits per heavy atom. The van der Waals surface area contributed by atoms with Gasteiger partial charge < -0.3 is 20.1 Å². The Kier molecular flexibility index (Phi) is 7.82. The normalized spacial score (nSPS) is 13.1. The van der Waals surface area contributed by atoms with Crippen LogP contribution in [-0.2, 0) is 20.0 Å². The first-order chi connectivity index (χ1) is 12.4. The van der Waals surface area contributed by atoms with Gasteiger partial charge in [0.2, 0.25) is 0 Å². The van der Waals surface area contributed by atoms with Crippen molar-refractivity contribution in [3.05, 3.63) is 57.8 Å². The second kappa shape index (κ2) is 9.86. The monoisotopic (exact) mass is 395 g/mol. The summed E-state index contributed by atoms with van der Waals surface area (Å²) < 4.78 is 1.86. The van der Waals surface area contributed by atoms with Gasteiger partial charge in [-0.1, -0.05) is 53.5 Å². The zero-order valence-corrected chi connectivity index (χ0v) is 17.3. The van der Waals surface area contributed by atoms with Crippen molar-refractivity contribution in [2.75, 3.05) is 27.7 Å². The highest BCUT2D eigenvalue weighted by Gasteiger charge is 2.14. The number of hydrogen-bond acceptors (Lipinski definition) is 2. The molecule has 0 saturated carbocycles. The van der Waals surface area contributed by atoms with Crippen LogP contribution in [0.2, 0.25) is 10.2 Å². The largest absolute Gasteiger partial charge is 0.355 e. The third-order valence-corrected chi connectivity index (χ3v) is 5.27. The zero-order valence-electron chi connectivity index (χ0n) is 15.8. The van der Waals surface area contributed by atoms with Gasteiger partial charge in [-0.2, -0.15) is 0 Å². The van der Waals surface area contributed by atoms with Crippen LogP contribution in [0.5, 0.6) is 0 Å². The van der Waals surface area contributed by atoms with Crippen LogP contribution in [0.25, 0.3) is 0 Å². The molecule has 0 aliphatic carbocycles. The molecule has 1 unspecified atom stereocenters. The van der Waals surface area contributed by atoms with Gasteiger partial charge in [-0.25, -0.2) is 0 Å². The number of benzene rings is 1. The van der Waals surface area contributed by atoms with E-state index in [0.717, 1.165) is 24.6 Å². The molecule has 2 N–H and O–H groups in total. The minimum absolute atomic E-state index is 0.356. The summed E-state index contributed by atoms with van der Waals surface area (Å²) in [6.45, 7) is 1.38. The van der Waals surface area contributed by atoms with Gasteiger partial charge in [-0.3, -0.25) is 4.99 Å². The van der Waals surface area contributed by atoms with E-state index < -0.39 is 0 Å². The summed E-state index contributed by atoms with van der Waals surface area (Å²) in [6.07, 6.45) is 0.973. The lowest BCUT2D eigenvalue weighted by atomic mass is 10.1. The molecule has 2 rings (SSSR count). The lowest BCUT2D eigenvalue weighted by Gasteiger charge is -2.25. The van der Waals surface area contributed by atoms with Crippen LogP contribution in [-0.4, -0.2) is 49.2 Å². The minimum atomic E-state index is 0.356. The van der Waals surface area contributed by atoms with Crippen molar-refractivity contribution in [3.8, 4) is 0 Å². The van der Waals surface area contributed by atoms with Crippen LogP contribution in [0.15, 0.2) is 41.4 Å². The van der Waals surface area contributed by atoms with Gasteiger partial charge in [0.15, 0.2) is 5.96 Å². The van der Waals surface area contributed by atoms with Gasteiger partial charge in [0.05, 0.1) is 11.6 Å². The van der Waals surface area contributed by atoms with Crippen LogP contribution in [0.4, 0.5) is 0 Å². The van der Waals surface area contributed by atoms with E-state index in [-0.39, 0.29) is 0 Å².